The molecule has 3 rings (SSSR count). The van der Waals surface area contributed by atoms with Gasteiger partial charge in [-0.3, -0.25) is 9.59 Å². The third-order valence-corrected chi connectivity index (χ3v) is 5.46. The molecular formula is C26H32FN7O2. The molecule has 3 N–H and O–H groups in total. The minimum atomic E-state index is -0.398. The van der Waals surface area contributed by atoms with Gasteiger partial charge in [-0.2, -0.15) is 4.98 Å². The maximum Gasteiger partial charge on any atom is 0.246 e. The van der Waals surface area contributed by atoms with Gasteiger partial charge in [0, 0.05) is 44.9 Å². The van der Waals surface area contributed by atoms with E-state index in [9.17, 15) is 14.0 Å². The van der Waals surface area contributed by atoms with Crippen LogP contribution < -0.4 is 16.0 Å². The molecule has 9 nitrogen and oxygen atoms in total. The minimum Gasteiger partial charge on any atom is -0.372 e. The molecule has 190 valence electrons. The topological polar surface area (TPSA) is 102 Å². The smallest absolute Gasteiger partial charge is 0.246 e. The van der Waals surface area contributed by atoms with Crippen molar-refractivity contribution < 1.29 is 14.0 Å². The predicted octanol–water partition coefficient (Wildman–Crippen LogP) is 2.37. The Kier molecular flexibility index (Phi) is 9.77. The average Bonchev–Trinajstić information content (AvgIpc) is 2.82. The lowest BCUT2D eigenvalue weighted by Gasteiger charge is -2.39. The van der Waals surface area contributed by atoms with Gasteiger partial charge in [0.15, 0.2) is 0 Å². The van der Waals surface area contributed by atoms with Crippen LogP contribution in [0.2, 0.25) is 0 Å². The minimum absolute atomic E-state index is 0.126. The quantitative estimate of drug-likeness (QED) is 0.265. The Morgan fingerprint density at radius 3 is 2.72 bits per heavy atom. The Morgan fingerprint density at radius 1 is 1.28 bits per heavy atom. The monoisotopic (exact) mass is 493 g/mol. The van der Waals surface area contributed by atoms with Crippen molar-refractivity contribution >= 4 is 29.3 Å². The first kappa shape index (κ1) is 26.6. The molecule has 1 aliphatic heterocycles. The molecule has 1 atom stereocenters. The summed E-state index contributed by atoms with van der Waals surface area (Å²) in [5, 5.41) is 8.93. The van der Waals surface area contributed by atoms with Gasteiger partial charge in [-0.1, -0.05) is 17.9 Å². The largest absolute Gasteiger partial charge is 0.372 e. The number of likely N-dealkylation sites (N-methyl/N-ethyl adjacent to an activating group) is 1. The van der Waals surface area contributed by atoms with Gasteiger partial charge in [-0.05, 0) is 51.2 Å². The maximum atomic E-state index is 13.1. The van der Waals surface area contributed by atoms with Gasteiger partial charge in [-0.15, -0.1) is 0 Å². The Morgan fingerprint density at radius 2 is 2.06 bits per heavy atom. The van der Waals surface area contributed by atoms with Gasteiger partial charge < -0.3 is 25.8 Å². The lowest BCUT2D eigenvalue weighted by Crippen LogP contribution is -2.58. The van der Waals surface area contributed by atoms with Crippen molar-refractivity contribution in [2.24, 2.45) is 0 Å². The molecule has 2 aromatic rings. The molecule has 2 heterocycles. The summed E-state index contributed by atoms with van der Waals surface area (Å²) in [5.41, 5.74) is 1.33. The molecule has 1 fully saturated rings. The van der Waals surface area contributed by atoms with Crippen LogP contribution in [-0.2, 0) is 9.59 Å². The highest BCUT2D eigenvalue weighted by molar-refractivity contribution is 5.94. The Labute approximate surface area is 211 Å². The van der Waals surface area contributed by atoms with Crippen LogP contribution in [0.4, 0.5) is 21.8 Å². The van der Waals surface area contributed by atoms with Gasteiger partial charge in [-0.25, -0.2) is 9.37 Å². The Bertz CT molecular complexity index is 1140. The van der Waals surface area contributed by atoms with Crippen molar-refractivity contribution in [3.8, 4) is 11.8 Å². The number of hydrogen-bond donors (Lipinski definition) is 3. The molecule has 1 saturated heterocycles. The third-order valence-electron chi connectivity index (χ3n) is 5.46. The van der Waals surface area contributed by atoms with E-state index in [-0.39, 0.29) is 17.6 Å². The fourth-order valence-corrected chi connectivity index (χ4v) is 3.43. The summed E-state index contributed by atoms with van der Waals surface area (Å²) in [6, 6.07) is 5.53. The normalized spacial score (nSPS) is 14.7. The van der Waals surface area contributed by atoms with Crippen molar-refractivity contribution in [1.82, 2.24) is 25.1 Å². The van der Waals surface area contributed by atoms with Gasteiger partial charge >= 0.3 is 0 Å². The first-order chi connectivity index (χ1) is 17.4. The number of unbranched alkanes of at least 4 members (excludes halogenated alkanes) is 1. The highest BCUT2D eigenvalue weighted by atomic mass is 19.1. The van der Waals surface area contributed by atoms with Crippen LogP contribution in [0.5, 0.6) is 0 Å². The van der Waals surface area contributed by atoms with Crippen molar-refractivity contribution in [2.75, 3.05) is 51.4 Å². The molecule has 36 heavy (non-hydrogen) atoms. The van der Waals surface area contributed by atoms with E-state index in [1.165, 1.54) is 18.2 Å². The van der Waals surface area contributed by atoms with E-state index in [1.54, 1.807) is 36.4 Å². The first-order valence-corrected chi connectivity index (χ1v) is 11.8. The molecule has 0 spiro atoms. The number of carbonyl (C=O) groups is 2. The van der Waals surface area contributed by atoms with Crippen molar-refractivity contribution in [1.29, 1.82) is 0 Å². The van der Waals surface area contributed by atoms with Crippen LogP contribution in [-0.4, -0.2) is 78.4 Å². The standard InChI is InChI=1S/C26H32FN7O2/c1-28-24-19(18-30-26(32-24)31-21-12-10-20(27)11-13-21)8-5-4-6-15-29-25(36)22-14-17-34(22)23(35)9-7-16-33(2)3/h7,9-13,18,22H,4,6,14-17H2,1-3H3,(H,29,36)(H2,28,30,31,32). The summed E-state index contributed by atoms with van der Waals surface area (Å²) in [4.78, 5) is 36.9. The molecule has 1 aromatic carbocycles. The summed E-state index contributed by atoms with van der Waals surface area (Å²) in [7, 11) is 5.60. The van der Waals surface area contributed by atoms with Crippen LogP contribution in [0, 0.1) is 17.7 Å². The van der Waals surface area contributed by atoms with E-state index in [2.05, 4.69) is 37.8 Å². The second kappa shape index (κ2) is 13.2. The second-order valence-electron chi connectivity index (χ2n) is 8.53. The zero-order valence-corrected chi connectivity index (χ0v) is 20.8. The van der Waals surface area contributed by atoms with Crippen molar-refractivity contribution in [2.45, 2.75) is 25.3 Å². The highest BCUT2D eigenvalue weighted by Crippen LogP contribution is 2.18. The zero-order valence-electron chi connectivity index (χ0n) is 20.8. The van der Waals surface area contributed by atoms with Crippen LogP contribution in [0.25, 0.3) is 0 Å². The number of likely N-dealkylation sites (tertiary alicyclic amines) is 1. The molecule has 0 saturated carbocycles. The van der Waals surface area contributed by atoms with Crippen LogP contribution >= 0.6 is 0 Å². The van der Waals surface area contributed by atoms with E-state index in [0.717, 1.165) is 0 Å². The molecule has 2 amide bonds. The lowest BCUT2D eigenvalue weighted by molar-refractivity contribution is -0.143. The number of amides is 2. The first-order valence-electron chi connectivity index (χ1n) is 11.8. The number of hydrogen-bond acceptors (Lipinski definition) is 7. The van der Waals surface area contributed by atoms with Gasteiger partial charge in [0.25, 0.3) is 0 Å². The van der Waals surface area contributed by atoms with Crippen LogP contribution in [0.1, 0.15) is 24.8 Å². The summed E-state index contributed by atoms with van der Waals surface area (Å²) in [5.74, 6) is 6.51. The molecule has 0 aliphatic carbocycles. The number of nitrogens with one attached hydrogen (secondary N) is 3. The zero-order chi connectivity index (χ0) is 25.9. The predicted molar refractivity (Wildman–Crippen MR) is 138 cm³/mol. The Hall–Kier alpha value is -3.97. The average molecular weight is 494 g/mol. The SMILES string of the molecule is CNc1nc(Nc2ccc(F)cc2)ncc1C#CCCCNC(=O)C1CCN1C(=O)C=CCN(C)C. The van der Waals surface area contributed by atoms with Crippen LogP contribution in [0.15, 0.2) is 42.6 Å². The van der Waals surface area contributed by atoms with Gasteiger partial charge in [0.2, 0.25) is 17.8 Å². The summed E-state index contributed by atoms with van der Waals surface area (Å²) < 4.78 is 13.1. The van der Waals surface area contributed by atoms with Gasteiger partial charge in [0.05, 0.1) is 11.8 Å². The fraction of sp³-hybridized carbons (Fsp3) is 0.385. The van der Waals surface area contributed by atoms with E-state index >= 15 is 0 Å². The summed E-state index contributed by atoms with van der Waals surface area (Å²) in [6.45, 7) is 1.76. The van der Waals surface area contributed by atoms with Gasteiger partial charge in [0.1, 0.15) is 17.7 Å². The number of nitrogens with zero attached hydrogens (tertiary/aromatic N) is 4. The van der Waals surface area contributed by atoms with Crippen LogP contribution in [0.3, 0.4) is 0 Å². The molecule has 1 unspecified atom stereocenters. The van der Waals surface area contributed by atoms with E-state index < -0.39 is 6.04 Å². The molecule has 0 bridgehead atoms. The third kappa shape index (κ3) is 7.78. The summed E-state index contributed by atoms with van der Waals surface area (Å²) >= 11 is 0. The number of carbonyl (C=O) groups excluding carboxylic acids is 2. The fourth-order valence-electron chi connectivity index (χ4n) is 3.43. The molecule has 1 aromatic heterocycles. The number of rotatable bonds is 10. The van der Waals surface area contributed by atoms with Crippen molar-refractivity contribution in [3.63, 3.8) is 0 Å². The maximum absolute atomic E-state index is 13.1. The number of halogens is 1. The second-order valence-corrected chi connectivity index (χ2v) is 8.53. The molecule has 0 radical (unpaired) electrons. The van der Waals surface area contributed by atoms with Crippen molar-refractivity contribution in [3.05, 3.63) is 54.0 Å². The molecule has 1 aliphatic rings. The highest BCUT2D eigenvalue weighted by Gasteiger charge is 2.36. The number of benzene rings is 1. The number of anilines is 3. The lowest BCUT2D eigenvalue weighted by atomic mass is 10.0. The molecule has 10 heteroatoms. The van der Waals surface area contributed by atoms with E-state index in [1.807, 2.05) is 19.0 Å². The Balaban J connectivity index is 1.42. The van der Waals surface area contributed by atoms with E-state index in [0.29, 0.717) is 61.9 Å². The van der Waals surface area contributed by atoms with E-state index in [4.69, 9.17) is 0 Å². The summed E-state index contributed by atoms with van der Waals surface area (Å²) in [6.07, 6.45) is 6.89. The number of aromatic nitrogens is 2. The molecular weight excluding hydrogens is 461 g/mol.